The lowest BCUT2D eigenvalue weighted by atomic mass is 9.44. The van der Waals surface area contributed by atoms with Crippen LogP contribution in [0, 0.1) is 64.1 Å². The van der Waals surface area contributed by atoms with E-state index in [0.717, 1.165) is 66.1 Å². The summed E-state index contributed by atoms with van der Waals surface area (Å²) in [6, 6.07) is 0. The van der Waals surface area contributed by atoms with Gasteiger partial charge in [-0.2, -0.15) is 0 Å². The molecule has 0 aromatic carbocycles. The lowest BCUT2D eigenvalue weighted by molar-refractivity contribution is -0.129. The predicted molar refractivity (Wildman–Crippen MR) is 126 cm³/mol. The number of aliphatic hydroxyl groups excluding tert-OH is 1. The highest BCUT2D eigenvalue weighted by Crippen LogP contribution is 2.68. The monoisotopic (exact) mass is 414 g/mol. The van der Waals surface area contributed by atoms with Crippen LogP contribution in [-0.4, -0.2) is 11.2 Å². The minimum Gasteiger partial charge on any atom is -0.393 e. The molecule has 0 aromatic rings. The maximum atomic E-state index is 10.3. The number of hydrogen-bond acceptors (Lipinski definition) is 1. The third-order valence-corrected chi connectivity index (χ3v) is 12.4. The van der Waals surface area contributed by atoms with E-state index in [9.17, 15) is 5.11 Å². The zero-order valence-electron chi connectivity index (χ0n) is 20.7. The molecule has 0 unspecified atom stereocenters. The van der Waals surface area contributed by atoms with Crippen LogP contribution in [0.15, 0.2) is 0 Å². The van der Waals surface area contributed by atoms with E-state index < -0.39 is 0 Å². The van der Waals surface area contributed by atoms with Crippen molar-refractivity contribution in [3.05, 3.63) is 0 Å². The van der Waals surface area contributed by atoms with Crippen molar-refractivity contribution >= 4 is 0 Å². The summed E-state index contributed by atoms with van der Waals surface area (Å²) < 4.78 is 0. The third kappa shape index (κ3) is 3.43. The molecule has 5 rings (SSSR count). The van der Waals surface area contributed by atoms with Crippen LogP contribution in [0.3, 0.4) is 0 Å². The smallest absolute Gasteiger partial charge is 0.0543 e. The number of rotatable bonds is 5. The fourth-order valence-corrected chi connectivity index (χ4v) is 10.3. The van der Waals surface area contributed by atoms with Gasteiger partial charge in [-0.05, 0) is 128 Å². The molecule has 5 aliphatic carbocycles. The molecule has 5 aliphatic rings. The minimum atomic E-state index is -0.00814. The average Bonchev–Trinajstić information content (AvgIpc) is 3.33. The summed E-state index contributed by atoms with van der Waals surface area (Å²) >= 11 is 0. The Morgan fingerprint density at radius 2 is 1.47 bits per heavy atom. The Kier molecular flexibility index (Phi) is 5.65. The molecular weight excluding hydrogens is 364 g/mol. The second-order valence-electron chi connectivity index (χ2n) is 13.7. The van der Waals surface area contributed by atoms with Gasteiger partial charge in [0.25, 0.3) is 0 Å². The van der Waals surface area contributed by atoms with Crippen LogP contribution < -0.4 is 0 Å². The van der Waals surface area contributed by atoms with Gasteiger partial charge in [0.05, 0.1) is 6.10 Å². The van der Waals surface area contributed by atoms with Crippen molar-refractivity contribution in [3.8, 4) is 0 Å². The summed E-state index contributed by atoms with van der Waals surface area (Å²) in [4.78, 5) is 0. The molecule has 0 saturated heterocycles. The van der Waals surface area contributed by atoms with Crippen molar-refractivity contribution in [1.82, 2.24) is 0 Å². The highest BCUT2D eigenvalue weighted by molar-refractivity contribution is 5.09. The lowest BCUT2D eigenvalue weighted by Gasteiger charge is -2.61. The molecule has 0 amide bonds. The summed E-state index contributed by atoms with van der Waals surface area (Å²) in [5.41, 5.74) is 1.15. The number of aliphatic hydroxyl groups is 1. The van der Waals surface area contributed by atoms with E-state index in [1.54, 1.807) is 0 Å². The van der Waals surface area contributed by atoms with Crippen molar-refractivity contribution in [2.45, 2.75) is 118 Å². The van der Waals surface area contributed by atoms with Crippen LogP contribution in [0.1, 0.15) is 112 Å². The molecule has 0 aliphatic heterocycles. The lowest BCUT2D eigenvalue weighted by Crippen LogP contribution is -2.54. The second-order valence-corrected chi connectivity index (χ2v) is 13.7. The Bertz CT molecular complexity index is 628. The molecule has 1 heteroatoms. The SMILES string of the molecule is C[C@H](CC[C@@H](C)[C@H]1CC[C@H]2[C@@H]3CC[C@@H]4C[C@H](O)CC[C@]4(C)[C@H]3CC[C@]12C)[C@@H]1C[C@H]1C. The molecule has 5 fully saturated rings. The zero-order valence-corrected chi connectivity index (χ0v) is 20.7. The Balaban J connectivity index is 1.26. The predicted octanol–water partition coefficient (Wildman–Crippen LogP) is 7.71. The molecule has 12 atom stereocenters. The third-order valence-electron chi connectivity index (χ3n) is 12.4. The minimum absolute atomic E-state index is 0.00814. The van der Waals surface area contributed by atoms with Crippen LogP contribution in [0.25, 0.3) is 0 Å². The van der Waals surface area contributed by atoms with E-state index >= 15 is 0 Å². The number of hydrogen-bond donors (Lipinski definition) is 1. The highest BCUT2D eigenvalue weighted by atomic mass is 16.3. The topological polar surface area (TPSA) is 20.2 Å². The Morgan fingerprint density at radius 1 is 0.800 bits per heavy atom. The summed E-state index contributed by atoms with van der Waals surface area (Å²) in [6.07, 6.45) is 16.8. The van der Waals surface area contributed by atoms with E-state index in [-0.39, 0.29) is 6.10 Å². The molecule has 0 bridgehead atoms. The van der Waals surface area contributed by atoms with Gasteiger partial charge in [0.2, 0.25) is 0 Å². The second kappa shape index (κ2) is 7.78. The van der Waals surface area contributed by atoms with E-state index in [1.807, 2.05) is 0 Å². The highest BCUT2D eigenvalue weighted by Gasteiger charge is 2.60. The number of fused-ring (bicyclic) bond motifs is 5. The van der Waals surface area contributed by atoms with Gasteiger partial charge in [-0.25, -0.2) is 0 Å². The summed E-state index contributed by atoms with van der Waals surface area (Å²) in [5.74, 6) is 8.65. The Labute approximate surface area is 187 Å². The van der Waals surface area contributed by atoms with Crippen LogP contribution in [0.2, 0.25) is 0 Å². The molecule has 0 heterocycles. The first-order chi connectivity index (χ1) is 14.2. The average molecular weight is 415 g/mol. The molecule has 0 spiro atoms. The summed E-state index contributed by atoms with van der Waals surface area (Å²) in [5, 5.41) is 10.3. The molecule has 172 valence electrons. The first kappa shape index (κ1) is 21.8. The Morgan fingerprint density at radius 3 is 2.20 bits per heavy atom. The maximum Gasteiger partial charge on any atom is 0.0543 e. The molecule has 1 nitrogen and oxygen atoms in total. The molecule has 1 N–H and O–H groups in total. The van der Waals surface area contributed by atoms with Crippen LogP contribution in [0.4, 0.5) is 0 Å². The van der Waals surface area contributed by atoms with Gasteiger partial charge in [0.15, 0.2) is 0 Å². The van der Waals surface area contributed by atoms with E-state index in [2.05, 4.69) is 34.6 Å². The molecule has 5 saturated carbocycles. The van der Waals surface area contributed by atoms with Gasteiger partial charge >= 0.3 is 0 Å². The van der Waals surface area contributed by atoms with Crippen molar-refractivity contribution in [2.24, 2.45) is 64.1 Å². The van der Waals surface area contributed by atoms with Crippen LogP contribution >= 0.6 is 0 Å². The first-order valence-electron chi connectivity index (χ1n) is 13.9. The van der Waals surface area contributed by atoms with Gasteiger partial charge in [0, 0.05) is 0 Å². The quantitative estimate of drug-likeness (QED) is 0.488. The standard InChI is InChI=1S/C29H50O/c1-18(24-16-20(24)3)6-7-19(2)25-10-11-26-23-9-8-21-17-22(30)12-14-28(21,4)27(23)13-15-29(25,26)5/h18-27,30H,6-17H2,1-5H3/t18-,19-,20-,21-,22-,23+,24+,25-,26+,27+,28+,29-/m1/s1. The van der Waals surface area contributed by atoms with Crippen molar-refractivity contribution < 1.29 is 5.11 Å². The molecule has 0 radical (unpaired) electrons. The van der Waals surface area contributed by atoms with Crippen molar-refractivity contribution in [1.29, 1.82) is 0 Å². The van der Waals surface area contributed by atoms with E-state index in [1.165, 1.54) is 64.2 Å². The summed E-state index contributed by atoms with van der Waals surface area (Å²) in [7, 11) is 0. The fourth-order valence-electron chi connectivity index (χ4n) is 10.3. The molecule has 0 aromatic heterocycles. The van der Waals surface area contributed by atoms with Gasteiger partial charge in [-0.15, -0.1) is 0 Å². The zero-order chi connectivity index (χ0) is 21.3. The Hall–Kier alpha value is -0.0400. The largest absolute Gasteiger partial charge is 0.393 e. The maximum absolute atomic E-state index is 10.3. The fraction of sp³-hybridized carbons (Fsp3) is 1.00. The molecule has 30 heavy (non-hydrogen) atoms. The van der Waals surface area contributed by atoms with Gasteiger partial charge in [0.1, 0.15) is 0 Å². The first-order valence-corrected chi connectivity index (χ1v) is 13.9. The summed E-state index contributed by atoms with van der Waals surface area (Å²) in [6.45, 7) is 13.0. The van der Waals surface area contributed by atoms with Crippen molar-refractivity contribution in [2.75, 3.05) is 0 Å². The normalized spacial score (nSPS) is 54.6. The van der Waals surface area contributed by atoms with Crippen molar-refractivity contribution in [3.63, 3.8) is 0 Å². The van der Waals surface area contributed by atoms with E-state index in [4.69, 9.17) is 0 Å². The van der Waals surface area contributed by atoms with Crippen LogP contribution in [-0.2, 0) is 0 Å². The van der Waals surface area contributed by atoms with Gasteiger partial charge < -0.3 is 5.11 Å². The van der Waals surface area contributed by atoms with E-state index in [0.29, 0.717) is 10.8 Å². The molecular formula is C29H50O. The van der Waals surface area contributed by atoms with Gasteiger partial charge in [-0.3, -0.25) is 0 Å². The van der Waals surface area contributed by atoms with Gasteiger partial charge in [-0.1, -0.05) is 47.5 Å². The van der Waals surface area contributed by atoms with Crippen LogP contribution in [0.5, 0.6) is 0 Å².